The summed E-state index contributed by atoms with van der Waals surface area (Å²) in [6, 6.07) is 0.170. The Morgan fingerprint density at radius 1 is 1.25 bits per heavy atom. The Labute approximate surface area is 120 Å². The Bertz CT molecular complexity index is 302. The van der Waals surface area contributed by atoms with Gasteiger partial charge >= 0.3 is 6.18 Å². The minimum Gasteiger partial charge on any atom is -0.327 e. The summed E-state index contributed by atoms with van der Waals surface area (Å²) in [4.78, 5) is 1.57. The van der Waals surface area contributed by atoms with Crippen molar-refractivity contribution in [1.82, 2.24) is 4.90 Å². The lowest BCUT2D eigenvalue weighted by Gasteiger charge is -2.48. The van der Waals surface area contributed by atoms with Gasteiger partial charge in [-0.2, -0.15) is 13.2 Å². The second kappa shape index (κ2) is 6.65. The van der Waals surface area contributed by atoms with Crippen molar-refractivity contribution in [3.63, 3.8) is 0 Å². The standard InChI is InChI=1S/C15H29F3N2/c1-5-8-20(10-15(16,17)18)9-12-6-7-13(19)11(2)14(12,3)4/h11-13H,5-10,19H2,1-4H3. The van der Waals surface area contributed by atoms with Crippen LogP contribution in [0.25, 0.3) is 0 Å². The second-order valence-corrected chi connectivity index (χ2v) is 6.90. The van der Waals surface area contributed by atoms with Crippen molar-refractivity contribution in [3.05, 3.63) is 0 Å². The van der Waals surface area contributed by atoms with E-state index in [4.69, 9.17) is 5.73 Å². The summed E-state index contributed by atoms with van der Waals surface area (Å²) >= 11 is 0. The smallest absolute Gasteiger partial charge is 0.327 e. The van der Waals surface area contributed by atoms with E-state index >= 15 is 0 Å². The zero-order valence-corrected chi connectivity index (χ0v) is 13.1. The minimum atomic E-state index is -4.12. The van der Waals surface area contributed by atoms with E-state index in [1.165, 1.54) is 0 Å². The van der Waals surface area contributed by atoms with Gasteiger partial charge in [0, 0.05) is 12.6 Å². The topological polar surface area (TPSA) is 29.3 Å². The fraction of sp³-hybridized carbons (Fsp3) is 1.00. The monoisotopic (exact) mass is 294 g/mol. The third kappa shape index (κ3) is 4.62. The van der Waals surface area contributed by atoms with Crippen LogP contribution in [0.2, 0.25) is 0 Å². The van der Waals surface area contributed by atoms with Gasteiger partial charge in [0.05, 0.1) is 6.54 Å². The highest BCUT2D eigenvalue weighted by molar-refractivity contribution is 4.94. The number of rotatable bonds is 5. The fourth-order valence-electron chi connectivity index (χ4n) is 3.38. The van der Waals surface area contributed by atoms with Crippen molar-refractivity contribution in [1.29, 1.82) is 0 Å². The van der Waals surface area contributed by atoms with Crippen LogP contribution in [0.4, 0.5) is 13.2 Å². The molecule has 1 fully saturated rings. The second-order valence-electron chi connectivity index (χ2n) is 6.90. The van der Waals surface area contributed by atoms with Crippen LogP contribution < -0.4 is 5.73 Å². The molecule has 0 aromatic heterocycles. The Morgan fingerprint density at radius 3 is 2.35 bits per heavy atom. The molecule has 3 atom stereocenters. The number of nitrogens with two attached hydrogens (primary N) is 1. The van der Waals surface area contributed by atoms with Crippen LogP contribution in [0.5, 0.6) is 0 Å². The molecule has 20 heavy (non-hydrogen) atoms. The van der Waals surface area contributed by atoms with Crippen LogP contribution in [0.1, 0.15) is 47.0 Å². The van der Waals surface area contributed by atoms with Crippen LogP contribution in [0.15, 0.2) is 0 Å². The molecule has 2 N–H and O–H groups in total. The molecule has 0 aliphatic heterocycles. The Kier molecular flexibility index (Phi) is 5.90. The fourth-order valence-corrected chi connectivity index (χ4v) is 3.38. The van der Waals surface area contributed by atoms with E-state index in [0.29, 0.717) is 19.0 Å². The summed E-state index contributed by atoms with van der Waals surface area (Å²) in [5.41, 5.74) is 6.11. The molecule has 120 valence electrons. The van der Waals surface area contributed by atoms with E-state index in [1.54, 1.807) is 4.90 Å². The van der Waals surface area contributed by atoms with Gasteiger partial charge in [0.15, 0.2) is 0 Å². The zero-order chi connectivity index (χ0) is 15.6. The molecule has 0 aromatic rings. The van der Waals surface area contributed by atoms with Crippen molar-refractivity contribution >= 4 is 0 Å². The predicted molar refractivity (Wildman–Crippen MR) is 76.4 cm³/mol. The van der Waals surface area contributed by atoms with E-state index < -0.39 is 12.7 Å². The molecule has 2 nitrogen and oxygen atoms in total. The maximum Gasteiger partial charge on any atom is 0.401 e. The molecule has 0 heterocycles. The lowest BCUT2D eigenvalue weighted by molar-refractivity contribution is -0.149. The third-order valence-corrected chi connectivity index (χ3v) is 5.14. The summed E-state index contributed by atoms with van der Waals surface area (Å²) < 4.78 is 38.0. The molecule has 0 radical (unpaired) electrons. The summed E-state index contributed by atoms with van der Waals surface area (Å²) in [7, 11) is 0. The minimum absolute atomic E-state index is 0.00471. The van der Waals surface area contributed by atoms with E-state index in [0.717, 1.165) is 19.3 Å². The third-order valence-electron chi connectivity index (χ3n) is 5.14. The van der Waals surface area contributed by atoms with Gasteiger partial charge in [0.1, 0.15) is 0 Å². The van der Waals surface area contributed by atoms with Gasteiger partial charge < -0.3 is 5.73 Å². The molecule has 0 saturated heterocycles. The van der Waals surface area contributed by atoms with Gasteiger partial charge in [-0.25, -0.2) is 0 Å². The van der Waals surface area contributed by atoms with E-state index in [9.17, 15) is 13.2 Å². The van der Waals surface area contributed by atoms with Crippen molar-refractivity contribution in [2.24, 2.45) is 23.0 Å². The van der Waals surface area contributed by atoms with E-state index in [1.807, 2.05) is 6.92 Å². The largest absolute Gasteiger partial charge is 0.401 e. The number of hydrogen-bond acceptors (Lipinski definition) is 2. The van der Waals surface area contributed by atoms with Gasteiger partial charge in [-0.05, 0) is 43.1 Å². The van der Waals surface area contributed by atoms with Gasteiger partial charge in [-0.15, -0.1) is 0 Å². The molecular weight excluding hydrogens is 265 g/mol. The highest BCUT2D eigenvalue weighted by Crippen LogP contribution is 2.44. The lowest BCUT2D eigenvalue weighted by atomic mass is 9.61. The molecule has 1 aliphatic rings. The maximum absolute atomic E-state index is 12.7. The normalized spacial score (nSPS) is 30.8. The molecule has 1 aliphatic carbocycles. The predicted octanol–water partition coefficient (Wildman–Crippen LogP) is 3.66. The van der Waals surface area contributed by atoms with Crippen LogP contribution in [-0.4, -0.2) is 36.8 Å². The van der Waals surface area contributed by atoms with Crippen molar-refractivity contribution in [3.8, 4) is 0 Å². The first-order valence-electron chi connectivity index (χ1n) is 7.62. The molecule has 0 aromatic carbocycles. The summed E-state index contributed by atoms with van der Waals surface area (Å²) in [6.07, 6.45) is -1.52. The van der Waals surface area contributed by atoms with E-state index in [2.05, 4.69) is 20.8 Å². The average Bonchev–Trinajstić information content (AvgIpc) is 2.29. The molecule has 5 heteroatoms. The maximum atomic E-state index is 12.7. The Hall–Kier alpha value is -0.290. The van der Waals surface area contributed by atoms with Gasteiger partial charge in [-0.1, -0.05) is 27.7 Å². The molecule has 1 saturated carbocycles. The van der Waals surface area contributed by atoms with Crippen molar-refractivity contribution in [2.45, 2.75) is 59.2 Å². The van der Waals surface area contributed by atoms with Crippen LogP contribution >= 0.6 is 0 Å². The van der Waals surface area contributed by atoms with Gasteiger partial charge in [-0.3, -0.25) is 4.90 Å². The van der Waals surface area contributed by atoms with Crippen molar-refractivity contribution < 1.29 is 13.2 Å². The van der Waals surface area contributed by atoms with Gasteiger partial charge in [0.2, 0.25) is 0 Å². The highest BCUT2D eigenvalue weighted by atomic mass is 19.4. The van der Waals surface area contributed by atoms with E-state index in [-0.39, 0.29) is 17.4 Å². The first-order chi connectivity index (χ1) is 9.08. The van der Waals surface area contributed by atoms with Crippen LogP contribution in [0, 0.1) is 17.3 Å². The van der Waals surface area contributed by atoms with Crippen molar-refractivity contribution in [2.75, 3.05) is 19.6 Å². The molecular formula is C15H29F3N2. The van der Waals surface area contributed by atoms with Crippen LogP contribution in [0.3, 0.4) is 0 Å². The molecule has 0 spiro atoms. The molecule has 0 bridgehead atoms. The molecule has 3 unspecified atom stereocenters. The summed E-state index contributed by atoms with van der Waals surface area (Å²) in [5, 5.41) is 0. The zero-order valence-electron chi connectivity index (χ0n) is 13.1. The SMILES string of the molecule is CCCN(CC1CCC(N)C(C)C1(C)C)CC(F)(F)F. The Balaban J connectivity index is 2.72. The molecule has 1 rings (SSSR count). The first kappa shape index (κ1) is 17.8. The number of nitrogens with zero attached hydrogens (tertiary/aromatic N) is 1. The average molecular weight is 294 g/mol. The number of alkyl halides is 3. The lowest BCUT2D eigenvalue weighted by Crippen LogP contribution is -2.51. The highest BCUT2D eigenvalue weighted by Gasteiger charge is 2.42. The van der Waals surface area contributed by atoms with Gasteiger partial charge in [0.25, 0.3) is 0 Å². The first-order valence-corrected chi connectivity index (χ1v) is 7.62. The quantitative estimate of drug-likeness (QED) is 0.838. The summed E-state index contributed by atoms with van der Waals surface area (Å²) in [6.45, 7) is 8.59. The number of halogens is 3. The molecule has 0 amide bonds. The summed E-state index contributed by atoms with van der Waals surface area (Å²) in [5.74, 6) is 0.627. The van der Waals surface area contributed by atoms with Crippen LogP contribution in [-0.2, 0) is 0 Å². The number of hydrogen-bond donors (Lipinski definition) is 1. The Morgan fingerprint density at radius 2 is 1.85 bits per heavy atom.